The van der Waals surface area contributed by atoms with Crippen LogP contribution in [-0.2, 0) is 3.79 Å². The summed E-state index contributed by atoms with van der Waals surface area (Å²) in [6.07, 6.45) is 0. The molecule has 0 atom stereocenters. The molecule has 0 bridgehead atoms. The monoisotopic (exact) mass is 288 g/mol. The predicted molar refractivity (Wildman–Crippen MR) is 71.1 cm³/mol. The fourth-order valence-electron chi connectivity index (χ4n) is 1.53. The van der Waals surface area contributed by atoms with Crippen molar-refractivity contribution >= 4 is 34.8 Å². The van der Waals surface area contributed by atoms with Crippen molar-refractivity contribution in [1.29, 1.82) is 0 Å². The molecule has 0 unspecified atom stereocenters. The Kier molecular flexibility index (Phi) is 3.62. The van der Waals surface area contributed by atoms with Crippen LogP contribution in [0.3, 0.4) is 0 Å². The Morgan fingerprint density at radius 3 is 1.94 bits per heavy atom. The van der Waals surface area contributed by atoms with Crippen LogP contribution in [0.25, 0.3) is 11.1 Å². The van der Waals surface area contributed by atoms with E-state index in [1.807, 2.05) is 0 Å². The topological polar surface area (TPSA) is 0 Å². The first-order valence-corrected chi connectivity index (χ1v) is 6.04. The first kappa shape index (κ1) is 12.7. The Balaban J connectivity index is 2.40. The minimum atomic E-state index is -1.45. The smallest absolute Gasteiger partial charge is 0.206 e. The van der Waals surface area contributed by atoms with Crippen LogP contribution in [0, 0.1) is 5.82 Å². The highest BCUT2D eigenvalue weighted by atomic mass is 35.6. The van der Waals surface area contributed by atoms with Crippen molar-refractivity contribution in [1.82, 2.24) is 0 Å². The summed E-state index contributed by atoms with van der Waals surface area (Å²) < 4.78 is 12.1. The number of hydrogen-bond acceptors (Lipinski definition) is 0. The molecule has 0 aliphatic carbocycles. The molecule has 2 aromatic rings. The highest BCUT2D eigenvalue weighted by Crippen LogP contribution is 2.38. The van der Waals surface area contributed by atoms with Gasteiger partial charge in [0.2, 0.25) is 3.79 Å². The van der Waals surface area contributed by atoms with E-state index < -0.39 is 3.79 Å². The van der Waals surface area contributed by atoms with Gasteiger partial charge in [0, 0.05) is 11.1 Å². The summed E-state index contributed by atoms with van der Waals surface area (Å²) in [5.74, 6) is -0.269. The maximum absolute atomic E-state index is 13.5. The van der Waals surface area contributed by atoms with Crippen LogP contribution in [0.5, 0.6) is 0 Å². The van der Waals surface area contributed by atoms with Crippen molar-refractivity contribution in [3.63, 3.8) is 0 Å². The molecule has 0 N–H and O–H groups in total. The third-order valence-electron chi connectivity index (χ3n) is 2.40. The van der Waals surface area contributed by atoms with Gasteiger partial charge in [-0.05, 0) is 11.6 Å². The van der Waals surface area contributed by atoms with Crippen molar-refractivity contribution in [2.45, 2.75) is 3.79 Å². The van der Waals surface area contributed by atoms with Crippen LogP contribution in [0.2, 0.25) is 0 Å². The number of alkyl halides is 3. The van der Waals surface area contributed by atoms with Gasteiger partial charge in [-0.25, -0.2) is 4.39 Å². The lowest BCUT2D eigenvalue weighted by molar-refractivity contribution is 0.631. The SMILES string of the molecule is Fc1ccccc1-c1ccc(C(Cl)(Cl)Cl)cc1. The predicted octanol–water partition coefficient (Wildman–Crippen LogP) is 5.32. The molecule has 2 rings (SSSR count). The Bertz CT molecular complexity index is 515. The van der Waals surface area contributed by atoms with Gasteiger partial charge in [-0.15, -0.1) is 0 Å². The number of hydrogen-bond donors (Lipinski definition) is 0. The Hall–Kier alpha value is -0.760. The molecule has 0 radical (unpaired) electrons. The number of rotatable bonds is 1. The lowest BCUT2D eigenvalue weighted by Crippen LogP contribution is -1.99. The molecule has 0 aromatic heterocycles. The molecule has 0 heterocycles. The Morgan fingerprint density at radius 1 is 0.824 bits per heavy atom. The lowest BCUT2D eigenvalue weighted by Gasteiger charge is -2.11. The summed E-state index contributed by atoms with van der Waals surface area (Å²) in [7, 11) is 0. The van der Waals surface area contributed by atoms with E-state index in [0.29, 0.717) is 11.1 Å². The molecule has 0 spiro atoms. The zero-order valence-corrected chi connectivity index (χ0v) is 10.9. The second-order valence-electron chi connectivity index (χ2n) is 3.55. The largest absolute Gasteiger partial charge is 0.216 e. The first-order valence-electron chi connectivity index (χ1n) is 4.90. The third kappa shape index (κ3) is 2.92. The Morgan fingerprint density at radius 2 is 1.41 bits per heavy atom. The standard InChI is InChI=1S/C13H8Cl3F/c14-13(15,16)10-7-5-9(6-8-10)11-3-1-2-4-12(11)17/h1-8H. The molecule has 88 valence electrons. The van der Waals surface area contributed by atoms with Crippen molar-refractivity contribution < 1.29 is 4.39 Å². The van der Waals surface area contributed by atoms with E-state index in [2.05, 4.69) is 0 Å². The second-order valence-corrected chi connectivity index (χ2v) is 5.84. The van der Waals surface area contributed by atoms with Crippen LogP contribution >= 0.6 is 34.8 Å². The highest BCUT2D eigenvalue weighted by Gasteiger charge is 2.22. The molecule has 0 nitrogen and oxygen atoms in total. The fraction of sp³-hybridized carbons (Fsp3) is 0.0769. The van der Waals surface area contributed by atoms with Gasteiger partial charge in [-0.1, -0.05) is 77.3 Å². The second kappa shape index (κ2) is 4.85. The molecule has 0 aliphatic rings. The highest BCUT2D eigenvalue weighted by molar-refractivity contribution is 6.66. The van der Waals surface area contributed by atoms with Crippen LogP contribution in [0.4, 0.5) is 4.39 Å². The van der Waals surface area contributed by atoms with Gasteiger partial charge in [0.15, 0.2) is 0 Å². The summed E-state index contributed by atoms with van der Waals surface area (Å²) in [6, 6.07) is 13.4. The molecular formula is C13H8Cl3F. The Labute approximate surface area is 114 Å². The van der Waals surface area contributed by atoms with E-state index in [9.17, 15) is 4.39 Å². The number of benzene rings is 2. The molecule has 2 aromatic carbocycles. The van der Waals surface area contributed by atoms with Crippen LogP contribution in [0.15, 0.2) is 48.5 Å². The van der Waals surface area contributed by atoms with Crippen molar-refractivity contribution in [3.8, 4) is 11.1 Å². The summed E-state index contributed by atoms with van der Waals surface area (Å²) in [5.41, 5.74) is 1.84. The van der Waals surface area contributed by atoms with Crippen molar-refractivity contribution in [2.24, 2.45) is 0 Å². The van der Waals surface area contributed by atoms with E-state index in [1.54, 1.807) is 42.5 Å². The first-order chi connectivity index (χ1) is 7.98. The van der Waals surface area contributed by atoms with Gasteiger partial charge in [0.1, 0.15) is 5.82 Å². The van der Waals surface area contributed by atoms with E-state index in [1.165, 1.54) is 6.07 Å². The molecule has 0 aliphatic heterocycles. The van der Waals surface area contributed by atoms with Gasteiger partial charge in [-0.3, -0.25) is 0 Å². The van der Waals surface area contributed by atoms with Crippen molar-refractivity contribution in [3.05, 3.63) is 59.9 Å². The molecule has 0 saturated carbocycles. The van der Waals surface area contributed by atoms with Gasteiger partial charge in [-0.2, -0.15) is 0 Å². The van der Waals surface area contributed by atoms with E-state index in [-0.39, 0.29) is 5.82 Å². The fourth-order valence-corrected chi connectivity index (χ4v) is 1.91. The molecule has 17 heavy (non-hydrogen) atoms. The summed E-state index contributed by atoms with van der Waals surface area (Å²) in [6.45, 7) is 0. The summed E-state index contributed by atoms with van der Waals surface area (Å²) >= 11 is 17.2. The molecule has 4 heteroatoms. The number of halogens is 4. The van der Waals surface area contributed by atoms with Crippen LogP contribution in [0.1, 0.15) is 5.56 Å². The van der Waals surface area contributed by atoms with E-state index >= 15 is 0 Å². The van der Waals surface area contributed by atoms with Gasteiger partial charge in [0.05, 0.1) is 0 Å². The average Bonchev–Trinajstić information content (AvgIpc) is 2.29. The third-order valence-corrected chi connectivity index (χ3v) is 3.05. The van der Waals surface area contributed by atoms with Gasteiger partial charge >= 0.3 is 0 Å². The average molecular weight is 290 g/mol. The van der Waals surface area contributed by atoms with Gasteiger partial charge in [0.25, 0.3) is 0 Å². The minimum absolute atomic E-state index is 0.269. The van der Waals surface area contributed by atoms with Gasteiger partial charge < -0.3 is 0 Å². The molecule has 0 fully saturated rings. The summed E-state index contributed by atoms with van der Waals surface area (Å²) in [5, 5.41) is 0. The maximum atomic E-state index is 13.5. The zero-order valence-electron chi connectivity index (χ0n) is 8.63. The summed E-state index contributed by atoms with van der Waals surface area (Å²) in [4.78, 5) is 0. The minimum Gasteiger partial charge on any atom is -0.206 e. The lowest BCUT2D eigenvalue weighted by atomic mass is 10.0. The van der Waals surface area contributed by atoms with Crippen LogP contribution in [-0.4, -0.2) is 0 Å². The van der Waals surface area contributed by atoms with Crippen molar-refractivity contribution in [2.75, 3.05) is 0 Å². The quantitative estimate of drug-likeness (QED) is 0.623. The van der Waals surface area contributed by atoms with E-state index in [0.717, 1.165) is 5.56 Å². The zero-order chi connectivity index (χ0) is 12.5. The normalized spacial score (nSPS) is 11.5. The molecule has 0 saturated heterocycles. The maximum Gasteiger partial charge on any atom is 0.216 e. The van der Waals surface area contributed by atoms with Crippen LogP contribution < -0.4 is 0 Å². The molecular weight excluding hydrogens is 282 g/mol. The molecule has 0 amide bonds. The van der Waals surface area contributed by atoms with E-state index in [4.69, 9.17) is 34.8 Å².